The predicted octanol–water partition coefficient (Wildman–Crippen LogP) is 7.00. The van der Waals surface area contributed by atoms with E-state index in [1.54, 1.807) is 36.4 Å². The van der Waals surface area contributed by atoms with E-state index in [-0.39, 0.29) is 34.5 Å². The van der Waals surface area contributed by atoms with Crippen LogP contribution < -0.4 is 0 Å². The number of nitro benzene ring substituents is 1. The SMILES string of the molecule is O=[N+]([O-])c1ccc(CCCCN2[C@@H]3CC[C@H]2CC(OC(c2ccc(F)cc2)c2ccc(F)cc2)C3)cc1. The second-order valence-electron chi connectivity index (χ2n) is 10.2. The fourth-order valence-electron chi connectivity index (χ4n) is 5.93. The predicted molar refractivity (Wildman–Crippen MR) is 138 cm³/mol. The Balaban J connectivity index is 1.17. The number of nitrogens with zero attached hydrogens (tertiary/aromatic N) is 2. The number of unbranched alkanes of at least 4 members (excludes halogenated alkanes) is 1. The largest absolute Gasteiger partial charge is 0.365 e. The van der Waals surface area contributed by atoms with E-state index in [1.807, 2.05) is 12.1 Å². The molecule has 2 heterocycles. The number of benzene rings is 3. The average Bonchev–Trinajstić information content (AvgIpc) is 3.14. The number of nitro groups is 1. The molecule has 0 aromatic heterocycles. The molecule has 0 N–H and O–H groups in total. The molecule has 2 fully saturated rings. The number of ether oxygens (including phenoxy) is 1. The maximum Gasteiger partial charge on any atom is 0.269 e. The van der Waals surface area contributed by atoms with Gasteiger partial charge in [0.25, 0.3) is 5.69 Å². The van der Waals surface area contributed by atoms with E-state index >= 15 is 0 Å². The van der Waals surface area contributed by atoms with Gasteiger partial charge >= 0.3 is 0 Å². The molecule has 5 nitrogen and oxygen atoms in total. The average molecular weight is 507 g/mol. The number of rotatable bonds is 10. The molecule has 37 heavy (non-hydrogen) atoms. The molecule has 194 valence electrons. The molecule has 1 unspecified atom stereocenters. The van der Waals surface area contributed by atoms with E-state index in [1.165, 1.54) is 37.1 Å². The summed E-state index contributed by atoms with van der Waals surface area (Å²) in [6, 6.07) is 20.6. The topological polar surface area (TPSA) is 55.6 Å². The van der Waals surface area contributed by atoms with Crippen molar-refractivity contribution in [1.29, 1.82) is 0 Å². The zero-order valence-corrected chi connectivity index (χ0v) is 20.8. The molecule has 3 aromatic rings. The molecular formula is C30H32F2N2O3. The zero-order valence-electron chi connectivity index (χ0n) is 20.8. The van der Waals surface area contributed by atoms with E-state index in [4.69, 9.17) is 4.74 Å². The van der Waals surface area contributed by atoms with Crippen molar-refractivity contribution >= 4 is 5.69 Å². The first-order valence-electron chi connectivity index (χ1n) is 13.1. The van der Waals surface area contributed by atoms with Crippen molar-refractivity contribution in [3.8, 4) is 0 Å². The third-order valence-corrected chi connectivity index (χ3v) is 7.79. The number of fused-ring (bicyclic) bond motifs is 2. The summed E-state index contributed by atoms with van der Waals surface area (Å²) in [5.74, 6) is -0.580. The normalized spacial score (nSPS) is 21.4. The molecular weight excluding hydrogens is 474 g/mol. The maximum atomic E-state index is 13.6. The number of hydrogen-bond acceptors (Lipinski definition) is 4. The van der Waals surface area contributed by atoms with Gasteiger partial charge in [-0.3, -0.25) is 15.0 Å². The molecule has 3 aromatic carbocycles. The molecule has 0 amide bonds. The molecule has 0 spiro atoms. The van der Waals surface area contributed by atoms with E-state index in [0.29, 0.717) is 12.1 Å². The molecule has 2 saturated heterocycles. The fraction of sp³-hybridized carbons (Fsp3) is 0.400. The van der Waals surface area contributed by atoms with Gasteiger partial charge < -0.3 is 4.74 Å². The van der Waals surface area contributed by atoms with Gasteiger partial charge in [0.2, 0.25) is 0 Å². The van der Waals surface area contributed by atoms with Crippen molar-refractivity contribution in [2.24, 2.45) is 0 Å². The summed E-state index contributed by atoms with van der Waals surface area (Å²) in [4.78, 5) is 13.1. The molecule has 0 saturated carbocycles. The van der Waals surface area contributed by atoms with Crippen LogP contribution in [0.15, 0.2) is 72.8 Å². The summed E-state index contributed by atoms with van der Waals surface area (Å²) >= 11 is 0. The first kappa shape index (κ1) is 25.5. The lowest BCUT2D eigenvalue weighted by atomic mass is 9.96. The summed E-state index contributed by atoms with van der Waals surface area (Å²) in [7, 11) is 0. The lowest BCUT2D eigenvalue weighted by Gasteiger charge is -2.40. The highest BCUT2D eigenvalue weighted by molar-refractivity contribution is 5.33. The van der Waals surface area contributed by atoms with E-state index in [2.05, 4.69) is 4.90 Å². The van der Waals surface area contributed by atoms with Gasteiger partial charge in [-0.2, -0.15) is 0 Å². The first-order valence-corrected chi connectivity index (χ1v) is 13.1. The summed E-state index contributed by atoms with van der Waals surface area (Å²) < 4.78 is 33.8. The van der Waals surface area contributed by atoms with Gasteiger partial charge in [0.05, 0.1) is 11.0 Å². The van der Waals surface area contributed by atoms with E-state index < -0.39 is 0 Å². The molecule has 0 aliphatic carbocycles. The number of non-ortho nitro benzene ring substituents is 1. The highest BCUT2D eigenvalue weighted by Crippen LogP contribution is 2.40. The quantitative estimate of drug-likeness (QED) is 0.169. The molecule has 0 radical (unpaired) electrons. The van der Waals surface area contributed by atoms with Gasteiger partial charge in [-0.25, -0.2) is 8.78 Å². The van der Waals surface area contributed by atoms with Crippen molar-refractivity contribution < 1.29 is 18.4 Å². The van der Waals surface area contributed by atoms with Gasteiger partial charge in [0.1, 0.15) is 17.7 Å². The van der Waals surface area contributed by atoms with Crippen LogP contribution in [-0.2, 0) is 11.2 Å². The summed E-state index contributed by atoms with van der Waals surface area (Å²) in [6.45, 7) is 1.05. The van der Waals surface area contributed by atoms with Crippen molar-refractivity contribution in [2.45, 2.75) is 69.2 Å². The number of aryl methyl sites for hydroxylation is 1. The highest BCUT2D eigenvalue weighted by Gasteiger charge is 2.41. The van der Waals surface area contributed by atoms with Crippen LogP contribution in [0.4, 0.5) is 14.5 Å². The van der Waals surface area contributed by atoms with Gasteiger partial charge in [-0.15, -0.1) is 0 Å². The van der Waals surface area contributed by atoms with Crippen LogP contribution in [0.5, 0.6) is 0 Å². The Morgan fingerprint density at radius 1 is 0.838 bits per heavy atom. The number of hydrogen-bond donors (Lipinski definition) is 0. The summed E-state index contributed by atoms with van der Waals surface area (Å²) in [5.41, 5.74) is 3.00. The van der Waals surface area contributed by atoms with Crippen LogP contribution in [0.25, 0.3) is 0 Å². The van der Waals surface area contributed by atoms with Crippen molar-refractivity contribution in [2.75, 3.05) is 6.54 Å². The second-order valence-corrected chi connectivity index (χ2v) is 10.2. The standard InChI is InChI=1S/C30H32F2N2O3/c31-24-10-6-22(7-11-24)30(23-8-12-25(32)13-9-23)37-29-19-27-16-17-28(20-29)33(27)18-2-1-3-21-4-14-26(15-5-21)34(35)36/h4-15,27-30H,1-3,16-20H2/t27-,28+,29?. The maximum absolute atomic E-state index is 13.6. The number of halogens is 2. The minimum absolute atomic E-state index is 0.0916. The second kappa shape index (κ2) is 11.5. The lowest BCUT2D eigenvalue weighted by molar-refractivity contribution is -0.384. The Labute approximate surface area is 216 Å². The minimum Gasteiger partial charge on any atom is -0.365 e. The first-order chi connectivity index (χ1) is 18.0. The van der Waals surface area contributed by atoms with Gasteiger partial charge in [-0.05, 0) is 92.4 Å². The van der Waals surface area contributed by atoms with Crippen LogP contribution in [0.2, 0.25) is 0 Å². The number of piperidine rings is 1. The third-order valence-electron chi connectivity index (χ3n) is 7.79. The Kier molecular flexibility index (Phi) is 7.91. The Morgan fingerprint density at radius 3 is 1.89 bits per heavy atom. The van der Waals surface area contributed by atoms with Crippen molar-refractivity contribution in [3.05, 3.63) is 111 Å². The fourth-order valence-corrected chi connectivity index (χ4v) is 5.93. The molecule has 2 bridgehead atoms. The van der Waals surface area contributed by atoms with Crippen molar-refractivity contribution in [1.82, 2.24) is 4.90 Å². The minimum atomic E-state index is -0.367. The Morgan fingerprint density at radius 2 is 1.38 bits per heavy atom. The van der Waals surface area contributed by atoms with Crippen LogP contribution >= 0.6 is 0 Å². The van der Waals surface area contributed by atoms with Crippen LogP contribution in [0.3, 0.4) is 0 Å². The molecule has 2 aliphatic rings. The van der Waals surface area contributed by atoms with Gasteiger partial charge in [0.15, 0.2) is 0 Å². The van der Waals surface area contributed by atoms with Crippen LogP contribution in [0, 0.1) is 21.7 Å². The molecule has 2 aliphatic heterocycles. The summed E-state index contributed by atoms with van der Waals surface area (Å²) in [6.07, 6.45) is 7.04. The smallest absolute Gasteiger partial charge is 0.269 e. The molecule has 3 atom stereocenters. The van der Waals surface area contributed by atoms with Gasteiger partial charge in [0, 0.05) is 24.2 Å². The van der Waals surface area contributed by atoms with Crippen LogP contribution in [0.1, 0.15) is 61.3 Å². The monoisotopic (exact) mass is 506 g/mol. The van der Waals surface area contributed by atoms with Gasteiger partial charge in [-0.1, -0.05) is 36.4 Å². The summed E-state index contributed by atoms with van der Waals surface area (Å²) in [5, 5.41) is 10.8. The molecule has 7 heteroatoms. The zero-order chi connectivity index (χ0) is 25.8. The highest BCUT2D eigenvalue weighted by atomic mass is 19.1. The van der Waals surface area contributed by atoms with E-state index in [9.17, 15) is 18.9 Å². The third kappa shape index (κ3) is 6.22. The van der Waals surface area contributed by atoms with Crippen LogP contribution in [-0.4, -0.2) is 34.6 Å². The lowest BCUT2D eigenvalue weighted by Crippen LogP contribution is -2.46. The van der Waals surface area contributed by atoms with Crippen molar-refractivity contribution in [3.63, 3.8) is 0 Å². The Bertz CT molecular complexity index is 1130. The van der Waals surface area contributed by atoms with E-state index in [0.717, 1.165) is 55.3 Å². The molecule has 5 rings (SSSR count). The Hall–Kier alpha value is -3.16.